The first-order valence-corrected chi connectivity index (χ1v) is 5.62. The lowest BCUT2D eigenvalue weighted by atomic mass is 10.1. The third-order valence-corrected chi connectivity index (χ3v) is 2.22. The van der Waals surface area contributed by atoms with E-state index >= 15 is 0 Å². The second kappa shape index (κ2) is 6.53. The van der Waals surface area contributed by atoms with Crippen LogP contribution in [0, 0.1) is 0 Å². The highest BCUT2D eigenvalue weighted by molar-refractivity contribution is 6.02. The third kappa shape index (κ3) is 4.42. The fraction of sp³-hybridized carbons (Fsp3) is 0.308. The molecule has 0 unspecified atom stereocenters. The molecule has 0 aliphatic rings. The molecule has 0 spiro atoms. The maximum Gasteiger partial charge on any atom is 0.331 e. The van der Waals surface area contributed by atoms with Crippen molar-refractivity contribution in [2.45, 2.75) is 20.8 Å². The lowest BCUT2D eigenvalue weighted by Crippen LogP contribution is -2.07. The van der Waals surface area contributed by atoms with E-state index in [-0.39, 0.29) is 5.91 Å². The van der Waals surface area contributed by atoms with Crippen molar-refractivity contribution in [3.05, 3.63) is 23.8 Å². The Bertz CT molecular complexity index is 523. The second-order valence-electron chi connectivity index (χ2n) is 3.86. The maximum atomic E-state index is 11.0. The Morgan fingerprint density at radius 1 is 1.21 bits per heavy atom. The van der Waals surface area contributed by atoms with E-state index in [1.165, 1.54) is 21.0 Å². The number of oxime groups is 1. The van der Waals surface area contributed by atoms with E-state index in [2.05, 4.69) is 15.3 Å². The number of carbonyl (C=O) groups excluding carboxylic acids is 2. The van der Waals surface area contributed by atoms with E-state index in [1.807, 2.05) is 0 Å². The first kappa shape index (κ1) is 14.7. The molecule has 19 heavy (non-hydrogen) atoms. The highest BCUT2D eigenvalue weighted by Crippen LogP contribution is 2.24. The summed E-state index contributed by atoms with van der Waals surface area (Å²) in [4.78, 5) is 26.3. The lowest BCUT2D eigenvalue weighted by Gasteiger charge is -2.10. The molecule has 1 N–H and O–H groups in total. The van der Waals surface area contributed by atoms with Gasteiger partial charge >= 0.3 is 5.97 Å². The molecule has 1 rings (SSSR count). The number of ether oxygens (including phenoxy) is 1. The SMILES string of the molecule is COc1cc(NC(C)=O)ccc1/C(C)=N/OC(C)=O. The van der Waals surface area contributed by atoms with E-state index in [0.717, 1.165) is 0 Å². The molecule has 0 heterocycles. The molecule has 0 bridgehead atoms. The molecule has 1 aromatic rings. The summed E-state index contributed by atoms with van der Waals surface area (Å²) in [6.45, 7) is 4.39. The molecule has 102 valence electrons. The summed E-state index contributed by atoms with van der Waals surface area (Å²) in [7, 11) is 1.51. The van der Waals surface area contributed by atoms with Gasteiger partial charge in [-0.3, -0.25) is 4.79 Å². The summed E-state index contributed by atoms with van der Waals surface area (Å²) in [5.41, 5.74) is 1.80. The van der Waals surface area contributed by atoms with E-state index in [1.54, 1.807) is 25.1 Å². The average Bonchev–Trinajstić information content (AvgIpc) is 2.35. The Hall–Kier alpha value is -2.37. The Morgan fingerprint density at radius 3 is 2.42 bits per heavy atom. The van der Waals surface area contributed by atoms with E-state index < -0.39 is 5.97 Å². The zero-order valence-electron chi connectivity index (χ0n) is 11.3. The number of rotatable bonds is 4. The van der Waals surface area contributed by atoms with Crippen molar-refractivity contribution < 1.29 is 19.2 Å². The second-order valence-corrected chi connectivity index (χ2v) is 3.86. The van der Waals surface area contributed by atoms with Crippen LogP contribution in [-0.4, -0.2) is 24.7 Å². The summed E-state index contributed by atoms with van der Waals surface area (Å²) < 4.78 is 5.22. The van der Waals surface area contributed by atoms with Crippen LogP contribution < -0.4 is 10.1 Å². The van der Waals surface area contributed by atoms with Gasteiger partial charge in [-0.2, -0.15) is 0 Å². The molecule has 6 heteroatoms. The summed E-state index contributed by atoms with van der Waals surface area (Å²) in [5, 5.41) is 6.34. The van der Waals surface area contributed by atoms with Crippen molar-refractivity contribution in [1.29, 1.82) is 0 Å². The number of carbonyl (C=O) groups is 2. The quantitative estimate of drug-likeness (QED) is 0.512. The summed E-state index contributed by atoms with van der Waals surface area (Å²) >= 11 is 0. The highest BCUT2D eigenvalue weighted by atomic mass is 16.7. The van der Waals surface area contributed by atoms with Crippen LogP contribution in [0.5, 0.6) is 5.75 Å². The molecule has 6 nitrogen and oxygen atoms in total. The van der Waals surface area contributed by atoms with Gasteiger partial charge in [-0.05, 0) is 19.1 Å². The van der Waals surface area contributed by atoms with Crippen molar-refractivity contribution in [2.75, 3.05) is 12.4 Å². The van der Waals surface area contributed by atoms with Crippen LogP contribution in [-0.2, 0) is 14.4 Å². The molecule has 0 aromatic heterocycles. The molecular weight excluding hydrogens is 248 g/mol. The van der Waals surface area contributed by atoms with Gasteiger partial charge < -0.3 is 14.9 Å². The van der Waals surface area contributed by atoms with Gasteiger partial charge in [0.1, 0.15) is 5.75 Å². The zero-order chi connectivity index (χ0) is 14.4. The van der Waals surface area contributed by atoms with E-state index in [0.29, 0.717) is 22.7 Å². The van der Waals surface area contributed by atoms with Gasteiger partial charge in [-0.15, -0.1) is 0 Å². The molecule has 0 saturated heterocycles. The number of methoxy groups -OCH3 is 1. The van der Waals surface area contributed by atoms with Crippen molar-refractivity contribution in [1.82, 2.24) is 0 Å². The molecule has 0 aliphatic carbocycles. The molecule has 0 atom stereocenters. The standard InChI is InChI=1S/C13H16N2O4/c1-8(15-19-10(3)17)12-6-5-11(14-9(2)16)7-13(12)18-4/h5-7H,1-4H3,(H,14,16)/b15-8+. The topological polar surface area (TPSA) is 77.0 Å². The Morgan fingerprint density at radius 2 is 1.89 bits per heavy atom. The van der Waals surface area contributed by atoms with E-state index in [4.69, 9.17) is 4.74 Å². The molecule has 1 amide bonds. The highest BCUT2D eigenvalue weighted by Gasteiger charge is 2.09. The summed E-state index contributed by atoms with van der Waals surface area (Å²) in [5.74, 6) is -0.132. The number of nitrogens with one attached hydrogen (secondary N) is 1. The Labute approximate surface area is 111 Å². The minimum atomic E-state index is -0.492. The van der Waals surface area contributed by atoms with Gasteiger partial charge in [0.15, 0.2) is 0 Å². The smallest absolute Gasteiger partial charge is 0.331 e. The predicted octanol–water partition coefficient (Wildman–Crippen LogP) is 1.94. The van der Waals surface area contributed by atoms with Crippen LogP contribution in [0.3, 0.4) is 0 Å². The van der Waals surface area contributed by atoms with Crippen LogP contribution in [0.1, 0.15) is 26.3 Å². The maximum absolute atomic E-state index is 11.0. The number of amides is 1. The van der Waals surface area contributed by atoms with Crippen molar-refractivity contribution in [3.63, 3.8) is 0 Å². The third-order valence-electron chi connectivity index (χ3n) is 2.22. The van der Waals surface area contributed by atoms with Crippen molar-refractivity contribution in [2.24, 2.45) is 5.16 Å². The van der Waals surface area contributed by atoms with Gasteiger partial charge in [-0.25, -0.2) is 4.79 Å². The monoisotopic (exact) mass is 264 g/mol. The molecule has 1 aromatic carbocycles. The largest absolute Gasteiger partial charge is 0.496 e. The van der Waals surface area contributed by atoms with Gasteiger partial charge in [-0.1, -0.05) is 5.16 Å². The molecular formula is C13H16N2O4. The first-order valence-electron chi connectivity index (χ1n) is 5.62. The lowest BCUT2D eigenvalue weighted by molar-refractivity contribution is -0.140. The summed E-state index contributed by atoms with van der Waals surface area (Å²) in [6, 6.07) is 5.11. The van der Waals surface area contributed by atoms with Crippen molar-refractivity contribution >= 4 is 23.3 Å². The van der Waals surface area contributed by atoms with Crippen molar-refractivity contribution in [3.8, 4) is 5.75 Å². The van der Waals surface area contributed by atoms with E-state index in [9.17, 15) is 9.59 Å². The molecule has 0 saturated carbocycles. The Kier molecular flexibility index (Phi) is 5.05. The van der Waals surface area contributed by atoms with Gasteiger partial charge in [0, 0.05) is 31.2 Å². The summed E-state index contributed by atoms with van der Waals surface area (Å²) in [6.07, 6.45) is 0. The normalized spacial score (nSPS) is 10.8. The molecule has 0 aliphatic heterocycles. The number of benzene rings is 1. The van der Waals surface area contributed by atoms with Gasteiger partial charge in [0.2, 0.25) is 5.91 Å². The zero-order valence-corrected chi connectivity index (χ0v) is 11.3. The van der Waals surface area contributed by atoms with Crippen LogP contribution in [0.25, 0.3) is 0 Å². The first-order chi connectivity index (χ1) is 8.93. The number of anilines is 1. The number of hydrogen-bond donors (Lipinski definition) is 1. The number of nitrogens with zero attached hydrogens (tertiary/aromatic N) is 1. The van der Waals surface area contributed by atoms with Crippen LogP contribution >= 0.6 is 0 Å². The van der Waals surface area contributed by atoms with Crippen LogP contribution in [0.4, 0.5) is 5.69 Å². The van der Waals surface area contributed by atoms with Gasteiger partial charge in [0.05, 0.1) is 12.8 Å². The predicted molar refractivity (Wildman–Crippen MR) is 71.3 cm³/mol. The molecule has 0 fully saturated rings. The fourth-order valence-corrected chi connectivity index (χ4v) is 1.45. The van der Waals surface area contributed by atoms with Crippen LogP contribution in [0.2, 0.25) is 0 Å². The van der Waals surface area contributed by atoms with Gasteiger partial charge in [0.25, 0.3) is 0 Å². The Balaban J connectivity index is 3.04. The fourth-order valence-electron chi connectivity index (χ4n) is 1.45. The minimum Gasteiger partial charge on any atom is -0.496 e. The molecule has 0 radical (unpaired) electrons. The van der Waals surface area contributed by atoms with Crippen LogP contribution in [0.15, 0.2) is 23.4 Å². The minimum absolute atomic E-state index is 0.167. The average molecular weight is 264 g/mol. The number of hydrogen-bond acceptors (Lipinski definition) is 5.